The average molecular weight is 340 g/mol. The molecule has 1 aromatic carbocycles. The van der Waals surface area contributed by atoms with E-state index in [9.17, 15) is 9.59 Å². The molecule has 0 unspecified atom stereocenters. The van der Waals surface area contributed by atoms with Crippen molar-refractivity contribution in [2.75, 3.05) is 0 Å². The maximum atomic E-state index is 12.5. The van der Waals surface area contributed by atoms with Crippen molar-refractivity contribution in [1.82, 2.24) is 9.78 Å². The van der Waals surface area contributed by atoms with Crippen molar-refractivity contribution in [2.45, 2.75) is 40.7 Å². The number of Topliss-reactive ketones (excluding diaryl/α,β-unsaturated/α-hetero) is 1. The first kappa shape index (κ1) is 18.6. The number of nitrogens with zero attached hydrogens (tertiary/aromatic N) is 2. The summed E-state index contributed by atoms with van der Waals surface area (Å²) in [4.78, 5) is 24.6. The lowest BCUT2D eigenvalue weighted by Crippen LogP contribution is -2.24. The highest BCUT2D eigenvalue weighted by molar-refractivity contribution is 6.02. The minimum absolute atomic E-state index is 0.198. The van der Waals surface area contributed by atoms with E-state index in [0.717, 1.165) is 28.1 Å². The van der Waals surface area contributed by atoms with Gasteiger partial charge < -0.3 is 4.74 Å². The Morgan fingerprint density at radius 1 is 1.20 bits per heavy atom. The largest absolute Gasteiger partial charge is 0.451 e. The van der Waals surface area contributed by atoms with Gasteiger partial charge in [0, 0.05) is 29.9 Å². The van der Waals surface area contributed by atoms with Crippen LogP contribution in [-0.2, 0) is 16.6 Å². The number of carbonyl (C=O) groups is 2. The van der Waals surface area contributed by atoms with Gasteiger partial charge in [0.25, 0.3) is 0 Å². The molecule has 0 amide bonds. The van der Waals surface area contributed by atoms with E-state index in [4.69, 9.17) is 4.74 Å². The first-order valence-electron chi connectivity index (χ1n) is 8.21. The third-order valence-corrected chi connectivity index (χ3v) is 4.27. The first-order chi connectivity index (χ1) is 11.7. The molecule has 1 heterocycles. The Balaban J connectivity index is 2.08. The van der Waals surface area contributed by atoms with E-state index < -0.39 is 12.1 Å². The molecule has 0 saturated heterocycles. The maximum absolute atomic E-state index is 12.5. The SMILES string of the molecule is Cc1ccc(C)c(C(=O)[C@H](C)OC(=O)/C=C/c2c(C)nn(C)c2C)c1. The van der Waals surface area contributed by atoms with Crippen LogP contribution in [0.1, 0.15) is 45.4 Å². The molecule has 0 bridgehead atoms. The fourth-order valence-electron chi connectivity index (χ4n) is 2.67. The monoisotopic (exact) mass is 340 g/mol. The highest BCUT2D eigenvalue weighted by Crippen LogP contribution is 2.16. The van der Waals surface area contributed by atoms with E-state index in [1.54, 1.807) is 17.7 Å². The molecule has 0 N–H and O–H groups in total. The summed E-state index contributed by atoms with van der Waals surface area (Å²) in [7, 11) is 1.85. The number of aryl methyl sites for hydroxylation is 4. The second-order valence-corrected chi connectivity index (χ2v) is 6.30. The number of carbonyl (C=O) groups excluding carboxylic acids is 2. The average Bonchev–Trinajstić information content (AvgIpc) is 2.79. The number of ketones is 1. The summed E-state index contributed by atoms with van der Waals surface area (Å²) in [5, 5.41) is 4.29. The van der Waals surface area contributed by atoms with Crippen molar-refractivity contribution in [3.8, 4) is 0 Å². The van der Waals surface area contributed by atoms with Gasteiger partial charge in [-0.15, -0.1) is 0 Å². The Bertz CT molecular complexity index is 847. The minimum atomic E-state index is -0.839. The van der Waals surface area contributed by atoms with Crippen LogP contribution in [0.2, 0.25) is 0 Å². The van der Waals surface area contributed by atoms with E-state index in [-0.39, 0.29) is 5.78 Å². The maximum Gasteiger partial charge on any atom is 0.331 e. The van der Waals surface area contributed by atoms with Gasteiger partial charge in [-0.2, -0.15) is 5.10 Å². The Hall–Kier alpha value is -2.69. The number of benzene rings is 1. The molecule has 1 aromatic heterocycles. The predicted octanol–water partition coefficient (Wildman–Crippen LogP) is 3.48. The Kier molecular flexibility index (Phi) is 5.57. The second kappa shape index (κ2) is 7.47. The predicted molar refractivity (Wildman–Crippen MR) is 97.5 cm³/mol. The van der Waals surface area contributed by atoms with Gasteiger partial charge >= 0.3 is 5.97 Å². The molecule has 0 aliphatic heterocycles. The van der Waals surface area contributed by atoms with Crippen molar-refractivity contribution in [2.24, 2.45) is 7.05 Å². The number of ether oxygens (including phenoxy) is 1. The van der Waals surface area contributed by atoms with Gasteiger partial charge in [0.1, 0.15) is 0 Å². The molecule has 0 aliphatic carbocycles. The summed E-state index contributed by atoms with van der Waals surface area (Å²) in [5.41, 5.74) is 5.13. The summed E-state index contributed by atoms with van der Waals surface area (Å²) in [6.07, 6.45) is 2.17. The van der Waals surface area contributed by atoms with Crippen molar-refractivity contribution in [3.63, 3.8) is 0 Å². The number of esters is 1. The molecule has 0 aliphatic rings. The fraction of sp³-hybridized carbons (Fsp3) is 0.350. The molecular formula is C20H24N2O3. The molecule has 132 valence electrons. The molecule has 0 spiro atoms. The van der Waals surface area contributed by atoms with Gasteiger partial charge in [-0.1, -0.05) is 17.7 Å². The topological polar surface area (TPSA) is 61.2 Å². The molecular weight excluding hydrogens is 316 g/mol. The highest BCUT2D eigenvalue weighted by Gasteiger charge is 2.20. The molecule has 5 heteroatoms. The number of rotatable bonds is 5. The normalized spacial score (nSPS) is 12.4. The van der Waals surface area contributed by atoms with Crippen LogP contribution in [0.3, 0.4) is 0 Å². The fourth-order valence-corrected chi connectivity index (χ4v) is 2.67. The van der Waals surface area contributed by atoms with Crippen LogP contribution in [0.4, 0.5) is 0 Å². The van der Waals surface area contributed by atoms with Crippen molar-refractivity contribution in [1.29, 1.82) is 0 Å². The van der Waals surface area contributed by atoms with Crippen LogP contribution in [0.5, 0.6) is 0 Å². The summed E-state index contributed by atoms with van der Waals surface area (Å²) < 4.78 is 7.02. The van der Waals surface area contributed by atoms with Gasteiger partial charge in [0.15, 0.2) is 6.10 Å². The van der Waals surface area contributed by atoms with E-state index in [0.29, 0.717) is 5.56 Å². The zero-order valence-electron chi connectivity index (χ0n) is 15.6. The van der Waals surface area contributed by atoms with Crippen LogP contribution in [-0.4, -0.2) is 27.6 Å². The van der Waals surface area contributed by atoms with E-state index in [1.165, 1.54) is 6.08 Å². The minimum Gasteiger partial charge on any atom is -0.451 e. The van der Waals surface area contributed by atoms with E-state index in [2.05, 4.69) is 5.10 Å². The lowest BCUT2D eigenvalue weighted by Gasteiger charge is -2.13. The number of aromatic nitrogens is 2. The Labute approximate surface area is 148 Å². The van der Waals surface area contributed by atoms with E-state index in [1.807, 2.05) is 52.9 Å². The third kappa shape index (κ3) is 4.24. The van der Waals surface area contributed by atoms with Crippen molar-refractivity contribution in [3.05, 3.63) is 57.9 Å². The quantitative estimate of drug-likeness (QED) is 0.475. The lowest BCUT2D eigenvalue weighted by molar-refractivity contribution is -0.140. The highest BCUT2D eigenvalue weighted by atomic mass is 16.5. The molecule has 25 heavy (non-hydrogen) atoms. The van der Waals surface area contributed by atoms with Crippen LogP contribution in [0.25, 0.3) is 6.08 Å². The summed E-state index contributed by atoms with van der Waals surface area (Å²) in [6, 6.07) is 5.66. The van der Waals surface area contributed by atoms with Gasteiger partial charge in [0.2, 0.25) is 5.78 Å². The third-order valence-electron chi connectivity index (χ3n) is 4.27. The molecule has 0 saturated carbocycles. The summed E-state index contributed by atoms with van der Waals surface area (Å²) in [5.74, 6) is -0.745. The molecule has 0 fully saturated rings. The summed E-state index contributed by atoms with van der Waals surface area (Å²) in [6.45, 7) is 9.20. The van der Waals surface area contributed by atoms with Crippen LogP contribution in [0.15, 0.2) is 24.3 Å². The molecule has 2 rings (SSSR count). The van der Waals surface area contributed by atoms with Gasteiger partial charge in [-0.25, -0.2) is 4.79 Å². The van der Waals surface area contributed by atoms with Crippen LogP contribution in [0, 0.1) is 27.7 Å². The van der Waals surface area contributed by atoms with Crippen molar-refractivity contribution < 1.29 is 14.3 Å². The van der Waals surface area contributed by atoms with Crippen molar-refractivity contribution >= 4 is 17.8 Å². The smallest absolute Gasteiger partial charge is 0.331 e. The van der Waals surface area contributed by atoms with E-state index >= 15 is 0 Å². The molecule has 5 nitrogen and oxygen atoms in total. The van der Waals surface area contributed by atoms with Gasteiger partial charge in [0.05, 0.1) is 5.69 Å². The Morgan fingerprint density at radius 3 is 2.48 bits per heavy atom. The first-order valence-corrected chi connectivity index (χ1v) is 8.21. The molecule has 0 radical (unpaired) electrons. The second-order valence-electron chi connectivity index (χ2n) is 6.30. The van der Waals surface area contributed by atoms with Crippen LogP contribution < -0.4 is 0 Å². The molecule has 1 atom stereocenters. The zero-order chi connectivity index (χ0) is 18.7. The zero-order valence-corrected chi connectivity index (χ0v) is 15.6. The lowest BCUT2D eigenvalue weighted by atomic mass is 9.99. The molecule has 2 aromatic rings. The van der Waals surface area contributed by atoms with Gasteiger partial charge in [-0.05, 0) is 52.3 Å². The van der Waals surface area contributed by atoms with Gasteiger partial charge in [-0.3, -0.25) is 9.48 Å². The standard InChI is InChI=1S/C20H24N2O3/c1-12-7-8-13(2)18(11-12)20(24)16(5)25-19(23)10-9-17-14(3)21-22(6)15(17)4/h7-11,16H,1-6H3/b10-9+/t16-/m0/s1. The summed E-state index contributed by atoms with van der Waals surface area (Å²) >= 11 is 0. The number of hydrogen-bond donors (Lipinski definition) is 0. The van der Waals surface area contributed by atoms with Crippen LogP contribution >= 0.6 is 0 Å². The Morgan fingerprint density at radius 2 is 1.88 bits per heavy atom. The number of hydrogen-bond acceptors (Lipinski definition) is 4.